The van der Waals surface area contributed by atoms with Gasteiger partial charge in [-0.15, -0.1) is 0 Å². The molecule has 0 amide bonds. The van der Waals surface area contributed by atoms with Crippen molar-refractivity contribution >= 4 is 39.1 Å². The number of halogens is 3. The zero-order chi connectivity index (χ0) is 14.5. The molecule has 1 aromatic heterocycles. The Hall–Kier alpha value is -0.480. The summed E-state index contributed by atoms with van der Waals surface area (Å²) >= 11 is 16.0. The monoisotopic (exact) mass is 375 g/mol. The van der Waals surface area contributed by atoms with Gasteiger partial charge in [0.05, 0.1) is 16.8 Å². The molecule has 0 saturated carbocycles. The molecule has 1 aromatic carbocycles. The lowest BCUT2D eigenvalue weighted by molar-refractivity contribution is 0.408. The average molecular weight is 377 g/mol. The summed E-state index contributed by atoms with van der Waals surface area (Å²) in [6.07, 6.45) is 3.41. The predicted molar refractivity (Wildman–Crippen MR) is 87.6 cm³/mol. The summed E-state index contributed by atoms with van der Waals surface area (Å²) in [4.78, 5) is 0. The topological polar surface area (TPSA) is 25.2 Å². The number of hydrogen-bond donors (Lipinski definition) is 1. The van der Waals surface area contributed by atoms with E-state index in [1.165, 1.54) is 0 Å². The van der Waals surface area contributed by atoms with E-state index < -0.39 is 0 Å². The minimum atomic E-state index is 0.0386. The Morgan fingerprint density at radius 3 is 2.50 bits per heavy atom. The lowest BCUT2D eigenvalue weighted by atomic mass is 10.0. The first kappa shape index (κ1) is 15.9. The van der Waals surface area contributed by atoms with Gasteiger partial charge in [-0.25, -0.2) is 0 Å². The molecule has 1 N–H and O–H groups in total. The van der Waals surface area contributed by atoms with E-state index in [0.29, 0.717) is 16.5 Å². The Labute approximate surface area is 137 Å². The second-order valence-corrected chi connectivity index (χ2v) is 6.21. The summed E-state index contributed by atoms with van der Waals surface area (Å²) in [5.41, 5.74) is 0.938. The van der Waals surface area contributed by atoms with E-state index >= 15 is 0 Å². The van der Waals surface area contributed by atoms with Crippen molar-refractivity contribution in [1.82, 2.24) is 5.32 Å². The maximum absolute atomic E-state index is 6.25. The first-order valence-electron chi connectivity index (χ1n) is 6.52. The molecule has 1 atom stereocenters. The molecular formula is C15H16BrCl2NO. The van der Waals surface area contributed by atoms with Gasteiger partial charge in [0, 0.05) is 10.0 Å². The SMILES string of the molecule is CCCNC(Cc1c(Cl)cccc1Cl)c1occc1Br. The summed E-state index contributed by atoms with van der Waals surface area (Å²) in [7, 11) is 0. The summed E-state index contributed by atoms with van der Waals surface area (Å²) in [5.74, 6) is 0.870. The van der Waals surface area contributed by atoms with Gasteiger partial charge >= 0.3 is 0 Å². The van der Waals surface area contributed by atoms with Crippen LogP contribution in [-0.2, 0) is 6.42 Å². The molecule has 108 valence electrons. The van der Waals surface area contributed by atoms with Crippen molar-refractivity contribution in [2.45, 2.75) is 25.8 Å². The molecule has 0 aliphatic rings. The van der Waals surface area contributed by atoms with Crippen molar-refractivity contribution < 1.29 is 4.42 Å². The maximum atomic E-state index is 6.25. The van der Waals surface area contributed by atoms with Gasteiger partial charge in [0.15, 0.2) is 0 Å². The molecule has 0 fully saturated rings. The van der Waals surface area contributed by atoms with E-state index in [9.17, 15) is 0 Å². The number of rotatable bonds is 6. The Morgan fingerprint density at radius 2 is 1.95 bits per heavy atom. The molecule has 2 rings (SSSR count). The van der Waals surface area contributed by atoms with Gasteiger partial charge in [-0.3, -0.25) is 0 Å². The molecule has 1 heterocycles. The average Bonchev–Trinajstić information content (AvgIpc) is 2.84. The first-order valence-corrected chi connectivity index (χ1v) is 8.07. The Balaban J connectivity index is 2.26. The highest BCUT2D eigenvalue weighted by atomic mass is 79.9. The van der Waals surface area contributed by atoms with E-state index in [0.717, 1.165) is 28.8 Å². The number of hydrogen-bond acceptors (Lipinski definition) is 2. The lowest BCUT2D eigenvalue weighted by Crippen LogP contribution is -2.24. The Bertz CT molecular complexity index is 551. The molecule has 0 bridgehead atoms. The van der Waals surface area contributed by atoms with E-state index in [1.807, 2.05) is 24.3 Å². The van der Waals surface area contributed by atoms with Crippen LogP contribution in [0.25, 0.3) is 0 Å². The summed E-state index contributed by atoms with van der Waals surface area (Å²) < 4.78 is 6.53. The van der Waals surface area contributed by atoms with Gasteiger partial charge in [0.1, 0.15) is 5.76 Å². The largest absolute Gasteiger partial charge is 0.466 e. The molecular weight excluding hydrogens is 361 g/mol. The predicted octanol–water partition coefficient (Wildman–Crippen LogP) is 5.63. The van der Waals surface area contributed by atoms with E-state index in [4.69, 9.17) is 27.6 Å². The van der Waals surface area contributed by atoms with Gasteiger partial charge in [-0.2, -0.15) is 0 Å². The van der Waals surface area contributed by atoms with Crippen LogP contribution in [0.4, 0.5) is 0 Å². The quantitative estimate of drug-likeness (QED) is 0.706. The van der Waals surface area contributed by atoms with Crippen molar-refractivity contribution in [2.24, 2.45) is 0 Å². The number of nitrogens with one attached hydrogen (secondary N) is 1. The zero-order valence-corrected chi connectivity index (χ0v) is 14.2. The fourth-order valence-corrected chi connectivity index (χ4v) is 3.09. The molecule has 2 aromatic rings. The number of furan rings is 1. The molecule has 2 nitrogen and oxygen atoms in total. The second kappa shape index (κ2) is 7.51. The minimum Gasteiger partial charge on any atom is -0.466 e. The zero-order valence-electron chi connectivity index (χ0n) is 11.1. The standard InChI is InChI=1S/C15H16BrCl2NO/c1-2-7-19-14(15-11(16)6-8-20-15)9-10-12(17)4-3-5-13(10)18/h3-6,8,14,19H,2,7,9H2,1H3. The molecule has 0 spiro atoms. The highest BCUT2D eigenvalue weighted by molar-refractivity contribution is 9.10. The fourth-order valence-electron chi connectivity index (χ4n) is 2.06. The normalized spacial score (nSPS) is 12.6. The van der Waals surface area contributed by atoms with Crippen LogP contribution < -0.4 is 5.32 Å². The van der Waals surface area contributed by atoms with Crippen LogP contribution >= 0.6 is 39.1 Å². The van der Waals surface area contributed by atoms with Crippen molar-refractivity contribution in [3.05, 3.63) is 56.4 Å². The lowest BCUT2D eigenvalue weighted by Gasteiger charge is -2.18. The summed E-state index contributed by atoms with van der Waals surface area (Å²) in [6, 6.07) is 7.50. The third-order valence-corrected chi connectivity index (χ3v) is 4.44. The maximum Gasteiger partial charge on any atom is 0.135 e. The smallest absolute Gasteiger partial charge is 0.135 e. The Kier molecular flexibility index (Phi) is 5.97. The third-order valence-electron chi connectivity index (χ3n) is 3.07. The van der Waals surface area contributed by atoms with Crippen LogP contribution in [0.1, 0.15) is 30.7 Å². The van der Waals surface area contributed by atoms with Gasteiger partial charge in [-0.05, 0) is 59.1 Å². The van der Waals surface area contributed by atoms with Crippen LogP contribution in [-0.4, -0.2) is 6.54 Å². The minimum absolute atomic E-state index is 0.0386. The molecule has 0 aliphatic heterocycles. The van der Waals surface area contributed by atoms with Crippen LogP contribution in [0, 0.1) is 0 Å². The molecule has 0 radical (unpaired) electrons. The van der Waals surface area contributed by atoms with Crippen molar-refractivity contribution in [2.75, 3.05) is 6.54 Å². The highest BCUT2D eigenvalue weighted by Gasteiger charge is 2.20. The van der Waals surface area contributed by atoms with E-state index in [-0.39, 0.29) is 6.04 Å². The molecule has 1 unspecified atom stereocenters. The van der Waals surface area contributed by atoms with E-state index in [1.54, 1.807) is 6.26 Å². The molecule has 20 heavy (non-hydrogen) atoms. The van der Waals surface area contributed by atoms with Crippen LogP contribution in [0.5, 0.6) is 0 Å². The fraction of sp³-hybridized carbons (Fsp3) is 0.333. The highest BCUT2D eigenvalue weighted by Crippen LogP contribution is 2.32. The van der Waals surface area contributed by atoms with Crippen LogP contribution in [0.15, 0.2) is 39.4 Å². The molecule has 5 heteroatoms. The van der Waals surface area contributed by atoms with Gasteiger partial charge in [-0.1, -0.05) is 36.2 Å². The van der Waals surface area contributed by atoms with Crippen molar-refractivity contribution in [3.63, 3.8) is 0 Å². The summed E-state index contributed by atoms with van der Waals surface area (Å²) in [6.45, 7) is 3.03. The van der Waals surface area contributed by atoms with Gasteiger partial charge in [0.2, 0.25) is 0 Å². The van der Waals surface area contributed by atoms with Crippen molar-refractivity contribution in [3.8, 4) is 0 Å². The van der Waals surface area contributed by atoms with Crippen molar-refractivity contribution in [1.29, 1.82) is 0 Å². The summed E-state index contributed by atoms with van der Waals surface area (Å²) in [5, 5.41) is 4.84. The van der Waals surface area contributed by atoms with Crippen LogP contribution in [0.3, 0.4) is 0 Å². The van der Waals surface area contributed by atoms with Gasteiger partial charge < -0.3 is 9.73 Å². The van der Waals surface area contributed by atoms with Crippen LogP contribution in [0.2, 0.25) is 10.0 Å². The second-order valence-electron chi connectivity index (χ2n) is 4.54. The van der Waals surface area contributed by atoms with Gasteiger partial charge in [0.25, 0.3) is 0 Å². The van der Waals surface area contributed by atoms with E-state index in [2.05, 4.69) is 28.2 Å². The third kappa shape index (κ3) is 3.79. The molecule has 0 aliphatic carbocycles. The molecule has 0 saturated heterocycles. The first-order chi connectivity index (χ1) is 9.63. The Morgan fingerprint density at radius 1 is 1.25 bits per heavy atom. The number of benzene rings is 1.